The molecule has 2 bridgehead atoms. The van der Waals surface area contributed by atoms with Gasteiger partial charge < -0.3 is 19.5 Å². The second-order valence-electron chi connectivity index (χ2n) is 8.42. The zero-order valence-electron chi connectivity index (χ0n) is 15.9. The van der Waals surface area contributed by atoms with Gasteiger partial charge in [0.25, 0.3) is 0 Å². The standard InChI is InChI=1S/C20H28FNO4/c1-19(2,3)26-18(23)22-14-6-5-7-15(22)12-20(24,11-14)13-8-9-17(25-4)16(21)10-13/h8-10,14-15,24H,5-7,11-12H2,1-4H3. The molecule has 1 aromatic carbocycles. The molecule has 144 valence electrons. The molecular formula is C20H28FNO4. The van der Waals surface area contributed by atoms with Gasteiger partial charge in [-0.1, -0.05) is 6.07 Å². The van der Waals surface area contributed by atoms with Gasteiger partial charge in [-0.2, -0.15) is 0 Å². The maximum atomic E-state index is 14.1. The Labute approximate surface area is 154 Å². The molecule has 26 heavy (non-hydrogen) atoms. The molecule has 0 radical (unpaired) electrons. The average molecular weight is 365 g/mol. The van der Waals surface area contributed by atoms with Crippen molar-refractivity contribution in [2.45, 2.75) is 76.2 Å². The van der Waals surface area contributed by atoms with Crippen LogP contribution in [-0.2, 0) is 10.3 Å². The maximum absolute atomic E-state index is 14.1. The molecular weight excluding hydrogens is 337 g/mol. The van der Waals surface area contributed by atoms with Crippen molar-refractivity contribution in [3.63, 3.8) is 0 Å². The molecule has 6 heteroatoms. The number of piperidine rings is 2. The van der Waals surface area contributed by atoms with Crippen LogP contribution in [0.2, 0.25) is 0 Å². The highest BCUT2D eigenvalue weighted by Gasteiger charge is 2.49. The molecule has 0 aromatic heterocycles. The first-order valence-corrected chi connectivity index (χ1v) is 9.21. The molecule has 0 aliphatic carbocycles. The number of fused-ring (bicyclic) bond motifs is 2. The van der Waals surface area contributed by atoms with E-state index >= 15 is 0 Å². The van der Waals surface area contributed by atoms with Crippen LogP contribution in [0.15, 0.2) is 18.2 Å². The number of halogens is 1. The van der Waals surface area contributed by atoms with Crippen molar-refractivity contribution in [1.82, 2.24) is 4.90 Å². The Morgan fingerprint density at radius 3 is 2.38 bits per heavy atom. The highest BCUT2D eigenvalue weighted by molar-refractivity contribution is 5.69. The number of methoxy groups -OCH3 is 1. The minimum atomic E-state index is -1.15. The van der Waals surface area contributed by atoms with Gasteiger partial charge in [0.2, 0.25) is 0 Å². The zero-order chi connectivity index (χ0) is 19.1. The fourth-order valence-electron chi connectivity index (χ4n) is 4.23. The topological polar surface area (TPSA) is 59.0 Å². The lowest BCUT2D eigenvalue weighted by Gasteiger charge is -2.51. The number of carbonyl (C=O) groups excluding carboxylic acids is 1. The highest BCUT2D eigenvalue weighted by atomic mass is 19.1. The summed E-state index contributed by atoms with van der Waals surface area (Å²) in [6.45, 7) is 5.54. The summed E-state index contributed by atoms with van der Waals surface area (Å²) < 4.78 is 24.7. The molecule has 2 atom stereocenters. The predicted molar refractivity (Wildman–Crippen MR) is 95.6 cm³/mol. The monoisotopic (exact) mass is 365 g/mol. The molecule has 3 rings (SSSR count). The third-order valence-electron chi connectivity index (χ3n) is 5.30. The van der Waals surface area contributed by atoms with Crippen molar-refractivity contribution in [3.8, 4) is 5.75 Å². The summed E-state index contributed by atoms with van der Waals surface area (Å²) in [4.78, 5) is 14.5. The highest BCUT2D eigenvalue weighted by Crippen LogP contribution is 2.45. The molecule has 2 aliphatic rings. The van der Waals surface area contributed by atoms with E-state index in [2.05, 4.69) is 0 Å². The van der Waals surface area contributed by atoms with Crippen LogP contribution in [0, 0.1) is 5.82 Å². The smallest absolute Gasteiger partial charge is 0.410 e. The van der Waals surface area contributed by atoms with Crippen LogP contribution in [0.3, 0.4) is 0 Å². The zero-order valence-corrected chi connectivity index (χ0v) is 15.9. The number of amides is 1. The van der Waals surface area contributed by atoms with Crippen molar-refractivity contribution >= 4 is 6.09 Å². The number of nitrogens with zero attached hydrogens (tertiary/aromatic N) is 1. The van der Waals surface area contributed by atoms with Crippen LogP contribution in [0.4, 0.5) is 9.18 Å². The second-order valence-corrected chi connectivity index (χ2v) is 8.42. The quantitative estimate of drug-likeness (QED) is 0.861. The lowest BCUT2D eigenvalue weighted by atomic mass is 9.72. The summed E-state index contributed by atoms with van der Waals surface area (Å²) in [7, 11) is 1.41. The fourth-order valence-corrected chi connectivity index (χ4v) is 4.23. The van der Waals surface area contributed by atoms with Gasteiger partial charge in [-0.05, 0) is 57.7 Å². The second kappa shape index (κ2) is 6.72. The summed E-state index contributed by atoms with van der Waals surface area (Å²) in [5.74, 6) is -0.332. The summed E-state index contributed by atoms with van der Waals surface area (Å²) >= 11 is 0. The Balaban J connectivity index is 1.84. The Hall–Kier alpha value is -1.82. The van der Waals surface area contributed by atoms with Crippen LogP contribution in [0.25, 0.3) is 0 Å². The number of hydrogen-bond donors (Lipinski definition) is 1. The Morgan fingerprint density at radius 2 is 1.88 bits per heavy atom. The van der Waals surface area contributed by atoms with E-state index in [1.54, 1.807) is 17.0 Å². The molecule has 0 spiro atoms. The number of benzene rings is 1. The van der Waals surface area contributed by atoms with E-state index < -0.39 is 17.0 Å². The lowest BCUT2D eigenvalue weighted by Crippen LogP contribution is -2.59. The van der Waals surface area contributed by atoms with Gasteiger partial charge in [0, 0.05) is 24.9 Å². The van der Waals surface area contributed by atoms with E-state index in [1.165, 1.54) is 13.2 Å². The van der Waals surface area contributed by atoms with E-state index in [0.29, 0.717) is 18.4 Å². The van der Waals surface area contributed by atoms with Gasteiger partial charge in [-0.15, -0.1) is 0 Å². The predicted octanol–water partition coefficient (Wildman–Crippen LogP) is 3.97. The number of ether oxygens (including phenoxy) is 2. The van der Waals surface area contributed by atoms with Crippen molar-refractivity contribution < 1.29 is 23.8 Å². The Kier molecular flexibility index (Phi) is 4.90. The minimum absolute atomic E-state index is 0.104. The normalized spacial score (nSPS) is 28.6. The number of rotatable bonds is 2. The molecule has 2 heterocycles. The first-order chi connectivity index (χ1) is 12.1. The Bertz CT molecular complexity index is 671. The number of aliphatic hydroxyl groups is 1. The average Bonchev–Trinajstić information content (AvgIpc) is 2.52. The Morgan fingerprint density at radius 1 is 1.27 bits per heavy atom. The van der Waals surface area contributed by atoms with Gasteiger partial charge in [0.05, 0.1) is 12.7 Å². The molecule has 1 aromatic rings. The summed E-state index contributed by atoms with van der Waals surface area (Å²) in [6, 6.07) is 4.39. The molecule has 2 fully saturated rings. The maximum Gasteiger partial charge on any atom is 0.410 e. The van der Waals surface area contributed by atoms with E-state index in [9.17, 15) is 14.3 Å². The van der Waals surface area contributed by atoms with Crippen LogP contribution in [-0.4, -0.2) is 40.9 Å². The van der Waals surface area contributed by atoms with Crippen LogP contribution < -0.4 is 4.74 Å². The lowest BCUT2D eigenvalue weighted by molar-refractivity contribution is -0.0966. The fraction of sp³-hybridized carbons (Fsp3) is 0.650. The van der Waals surface area contributed by atoms with E-state index in [0.717, 1.165) is 19.3 Å². The SMILES string of the molecule is COc1ccc(C2(O)CC3CCCC(C2)N3C(=O)OC(C)(C)C)cc1F. The largest absolute Gasteiger partial charge is 0.494 e. The molecule has 0 saturated carbocycles. The van der Waals surface area contributed by atoms with E-state index in [4.69, 9.17) is 9.47 Å². The minimum Gasteiger partial charge on any atom is -0.494 e. The summed E-state index contributed by atoms with van der Waals surface area (Å²) in [6.07, 6.45) is 3.09. The van der Waals surface area contributed by atoms with Crippen molar-refractivity contribution in [2.75, 3.05) is 7.11 Å². The van der Waals surface area contributed by atoms with E-state index in [1.807, 2.05) is 20.8 Å². The van der Waals surface area contributed by atoms with Crippen LogP contribution in [0.1, 0.15) is 58.4 Å². The van der Waals surface area contributed by atoms with E-state index in [-0.39, 0.29) is 23.9 Å². The van der Waals surface area contributed by atoms with Crippen molar-refractivity contribution in [1.29, 1.82) is 0 Å². The third kappa shape index (κ3) is 3.65. The first kappa shape index (κ1) is 19.0. The van der Waals surface area contributed by atoms with Crippen LogP contribution >= 0.6 is 0 Å². The molecule has 2 aliphatic heterocycles. The van der Waals surface area contributed by atoms with Gasteiger partial charge in [0.15, 0.2) is 11.6 Å². The number of hydrogen-bond acceptors (Lipinski definition) is 4. The molecule has 1 amide bonds. The van der Waals surface area contributed by atoms with Crippen molar-refractivity contribution in [2.24, 2.45) is 0 Å². The first-order valence-electron chi connectivity index (χ1n) is 9.21. The summed E-state index contributed by atoms with van der Waals surface area (Å²) in [5.41, 5.74) is -1.17. The van der Waals surface area contributed by atoms with Crippen molar-refractivity contribution in [3.05, 3.63) is 29.6 Å². The van der Waals surface area contributed by atoms with Crippen LogP contribution in [0.5, 0.6) is 5.75 Å². The molecule has 5 nitrogen and oxygen atoms in total. The summed E-state index contributed by atoms with van der Waals surface area (Å²) in [5, 5.41) is 11.3. The molecule has 2 unspecified atom stereocenters. The van der Waals surface area contributed by atoms with Gasteiger partial charge in [-0.3, -0.25) is 0 Å². The molecule has 1 N–H and O–H groups in total. The van der Waals surface area contributed by atoms with Gasteiger partial charge in [-0.25, -0.2) is 9.18 Å². The van der Waals surface area contributed by atoms with Gasteiger partial charge >= 0.3 is 6.09 Å². The third-order valence-corrected chi connectivity index (χ3v) is 5.30. The number of carbonyl (C=O) groups is 1. The molecule has 2 saturated heterocycles. The van der Waals surface area contributed by atoms with Gasteiger partial charge in [0.1, 0.15) is 5.60 Å².